The Morgan fingerprint density at radius 1 is 0.762 bits per heavy atom. The highest BCUT2D eigenvalue weighted by atomic mass is 16.2. The highest BCUT2D eigenvalue weighted by molar-refractivity contribution is 6.43. The Hall–Kier alpha value is -2.95. The summed E-state index contributed by atoms with van der Waals surface area (Å²) < 4.78 is 0. The molecule has 106 valence electrons. The largest absolute Gasteiger partial charge is 0.318 e. The van der Waals surface area contributed by atoms with E-state index in [9.17, 15) is 14.4 Å². The Kier molecular flexibility index (Phi) is 4.46. The van der Waals surface area contributed by atoms with E-state index in [0.717, 1.165) is 0 Å². The van der Waals surface area contributed by atoms with Gasteiger partial charge >= 0.3 is 11.8 Å². The van der Waals surface area contributed by atoms with Crippen LogP contribution in [0.15, 0.2) is 54.6 Å². The highest BCUT2D eigenvalue weighted by Gasteiger charge is 2.14. The molecule has 0 fully saturated rings. The Morgan fingerprint density at radius 3 is 1.95 bits per heavy atom. The number of amides is 2. The maximum atomic E-state index is 11.8. The maximum absolute atomic E-state index is 11.8. The van der Waals surface area contributed by atoms with Crippen LogP contribution in [0.2, 0.25) is 0 Å². The van der Waals surface area contributed by atoms with Crippen molar-refractivity contribution < 1.29 is 14.4 Å². The van der Waals surface area contributed by atoms with E-state index in [2.05, 4.69) is 10.6 Å². The number of nitrogens with one attached hydrogen (secondary N) is 2. The van der Waals surface area contributed by atoms with Gasteiger partial charge in [-0.05, 0) is 31.2 Å². The molecule has 5 heteroatoms. The first-order valence-corrected chi connectivity index (χ1v) is 6.34. The van der Waals surface area contributed by atoms with Gasteiger partial charge in [-0.25, -0.2) is 0 Å². The smallest absolute Gasteiger partial charge is 0.314 e. The van der Waals surface area contributed by atoms with Crippen molar-refractivity contribution in [1.82, 2.24) is 0 Å². The molecular formula is C16H14N2O3. The van der Waals surface area contributed by atoms with Gasteiger partial charge in [-0.2, -0.15) is 0 Å². The van der Waals surface area contributed by atoms with Gasteiger partial charge in [-0.15, -0.1) is 0 Å². The van der Waals surface area contributed by atoms with E-state index in [-0.39, 0.29) is 5.78 Å². The lowest BCUT2D eigenvalue weighted by Crippen LogP contribution is -2.29. The summed E-state index contributed by atoms with van der Waals surface area (Å²) in [6.07, 6.45) is 0. The fraction of sp³-hybridized carbons (Fsp3) is 0.0625. The van der Waals surface area contributed by atoms with Crippen molar-refractivity contribution in [3.8, 4) is 0 Å². The zero-order chi connectivity index (χ0) is 15.2. The highest BCUT2D eigenvalue weighted by Crippen LogP contribution is 2.11. The van der Waals surface area contributed by atoms with Crippen LogP contribution in [-0.2, 0) is 9.59 Å². The maximum Gasteiger partial charge on any atom is 0.314 e. The van der Waals surface area contributed by atoms with E-state index in [1.54, 1.807) is 42.5 Å². The molecule has 0 aliphatic heterocycles. The predicted octanol–water partition coefficient (Wildman–Crippen LogP) is 2.47. The van der Waals surface area contributed by atoms with Gasteiger partial charge in [0.2, 0.25) is 0 Å². The summed E-state index contributed by atoms with van der Waals surface area (Å²) in [5, 5.41) is 4.94. The van der Waals surface area contributed by atoms with Crippen molar-refractivity contribution in [3.05, 3.63) is 60.2 Å². The molecule has 0 aromatic heterocycles. The molecule has 0 unspecified atom stereocenters. The summed E-state index contributed by atoms with van der Waals surface area (Å²) in [7, 11) is 0. The van der Waals surface area contributed by atoms with Gasteiger partial charge in [0, 0.05) is 16.9 Å². The van der Waals surface area contributed by atoms with Crippen LogP contribution < -0.4 is 10.6 Å². The van der Waals surface area contributed by atoms with Crippen LogP contribution in [0.1, 0.15) is 17.3 Å². The van der Waals surface area contributed by atoms with E-state index in [4.69, 9.17) is 0 Å². The van der Waals surface area contributed by atoms with Crippen molar-refractivity contribution >= 4 is 29.0 Å². The molecule has 2 N–H and O–H groups in total. The number of carbonyl (C=O) groups is 3. The van der Waals surface area contributed by atoms with Gasteiger partial charge < -0.3 is 10.6 Å². The van der Waals surface area contributed by atoms with E-state index in [0.29, 0.717) is 16.9 Å². The van der Waals surface area contributed by atoms with Gasteiger partial charge in [0.05, 0.1) is 0 Å². The average molecular weight is 282 g/mol. The van der Waals surface area contributed by atoms with Gasteiger partial charge in [0.15, 0.2) is 5.78 Å². The number of Topliss-reactive ketones (excluding diaryl/α,β-unsaturated/α-hetero) is 1. The number of ketones is 1. The number of hydrogen-bond donors (Lipinski definition) is 2. The lowest BCUT2D eigenvalue weighted by atomic mass is 10.1. The summed E-state index contributed by atoms with van der Waals surface area (Å²) in [4.78, 5) is 34.8. The standard InChI is InChI=1S/C16H14N2O3/c1-11(19)12-6-5-9-14(10-12)18-16(21)15(20)17-13-7-3-2-4-8-13/h2-10H,1H3,(H,17,20)(H,18,21). The van der Waals surface area contributed by atoms with Crippen molar-refractivity contribution in [2.24, 2.45) is 0 Å². The van der Waals surface area contributed by atoms with Crippen molar-refractivity contribution in [3.63, 3.8) is 0 Å². The first-order valence-electron chi connectivity index (χ1n) is 6.34. The number of rotatable bonds is 3. The second-order valence-corrected chi connectivity index (χ2v) is 4.41. The third kappa shape index (κ3) is 4.01. The Balaban J connectivity index is 2.02. The van der Waals surface area contributed by atoms with Crippen LogP contribution in [-0.4, -0.2) is 17.6 Å². The van der Waals surface area contributed by atoms with Crippen LogP contribution in [0.3, 0.4) is 0 Å². The van der Waals surface area contributed by atoms with Crippen molar-refractivity contribution in [2.45, 2.75) is 6.92 Å². The minimum atomic E-state index is -0.792. The summed E-state index contributed by atoms with van der Waals surface area (Å²) in [5.74, 6) is -1.67. The SMILES string of the molecule is CC(=O)c1cccc(NC(=O)C(=O)Nc2ccccc2)c1. The molecule has 2 aromatic rings. The molecule has 0 atom stereocenters. The molecule has 0 radical (unpaired) electrons. The first-order chi connectivity index (χ1) is 10.1. The van der Waals surface area contributed by atoms with E-state index < -0.39 is 11.8 Å². The lowest BCUT2D eigenvalue weighted by Gasteiger charge is -2.07. The normalized spacial score (nSPS) is 9.76. The fourth-order valence-electron chi connectivity index (χ4n) is 1.71. The fourth-order valence-corrected chi connectivity index (χ4v) is 1.71. The molecule has 0 aliphatic rings. The van der Waals surface area contributed by atoms with E-state index in [1.165, 1.54) is 13.0 Å². The Bertz CT molecular complexity index is 681. The third-order valence-electron chi connectivity index (χ3n) is 2.76. The molecule has 5 nitrogen and oxygen atoms in total. The number of hydrogen-bond acceptors (Lipinski definition) is 3. The molecular weight excluding hydrogens is 268 g/mol. The summed E-state index contributed by atoms with van der Waals surface area (Å²) >= 11 is 0. The Labute approximate surface area is 122 Å². The predicted molar refractivity (Wildman–Crippen MR) is 80.1 cm³/mol. The van der Waals surface area contributed by atoms with Crippen LogP contribution >= 0.6 is 0 Å². The second-order valence-electron chi connectivity index (χ2n) is 4.41. The Morgan fingerprint density at radius 2 is 1.33 bits per heavy atom. The summed E-state index contributed by atoms with van der Waals surface area (Å²) in [6.45, 7) is 1.43. The van der Waals surface area contributed by atoms with Crippen LogP contribution in [0.4, 0.5) is 11.4 Å². The minimum absolute atomic E-state index is 0.111. The molecule has 2 aromatic carbocycles. The van der Waals surface area contributed by atoms with Gasteiger partial charge in [0.1, 0.15) is 0 Å². The van der Waals surface area contributed by atoms with Crippen molar-refractivity contribution in [2.75, 3.05) is 10.6 Å². The minimum Gasteiger partial charge on any atom is -0.318 e. The molecule has 2 rings (SSSR count). The van der Waals surface area contributed by atoms with Crippen molar-refractivity contribution in [1.29, 1.82) is 0 Å². The number of carbonyl (C=O) groups excluding carboxylic acids is 3. The van der Waals surface area contributed by atoms with E-state index in [1.807, 2.05) is 6.07 Å². The van der Waals surface area contributed by atoms with E-state index >= 15 is 0 Å². The molecule has 0 spiro atoms. The average Bonchev–Trinajstić information content (AvgIpc) is 2.48. The zero-order valence-corrected chi connectivity index (χ0v) is 11.4. The van der Waals surface area contributed by atoms with Gasteiger partial charge in [-0.1, -0.05) is 30.3 Å². The lowest BCUT2D eigenvalue weighted by molar-refractivity contribution is -0.132. The third-order valence-corrected chi connectivity index (χ3v) is 2.76. The van der Waals surface area contributed by atoms with Crippen LogP contribution in [0.5, 0.6) is 0 Å². The van der Waals surface area contributed by atoms with Crippen LogP contribution in [0, 0.1) is 0 Å². The topological polar surface area (TPSA) is 75.3 Å². The summed E-state index contributed by atoms with van der Waals surface area (Å²) in [5.41, 5.74) is 1.40. The van der Waals surface area contributed by atoms with Crippen LogP contribution in [0.25, 0.3) is 0 Å². The molecule has 0 saturated carbocycles. The van der Waals surface area contributed by atoms with Gasteiger partial charge in [-0.3, -0.25) is 14.4 Å². The summed E-state index contributed by atoms with van der Waals surface area (Å²) in [6, 6.07) is 15.1. The first kappa shape index (κ1) is 14.5. The quantitative estimate of drug-likeness (QED) is 0.670. The molecule has 21 heavy (non-hydrogen) atoms. The molecule has 0 saturated heterocycles. The number of benzene rings is 2. The molecule has 2 amide bonds. The number of para-hydroxylation sites is 1. The number of anilines is 2. The molecule has 0 heterocycles. The second kappa shape index (κ2) is 6.47. The molecule has 0 aliphatic carbocycles. The monoisotopic (exact) mass is 282 g/mol. The molecule has 0 bridgehead atoms. The van der Waals surface area contributed by atoms with Gasteiger partial charge in [0.25, 0.3) is 0 Å². The zero-order valence-electron chi connectivity index (χ0n) is 11.4.